The number of carbonyl (C=O) groups is 2. The zero-order valence-electron chi connectivity index (χ0n) is 17.9. The predicted molar refractivity (Wildman–Crippen MR) is 120 cm³/mol. The molecule has 2 fully saturated rings. The number of carbonyl (C=O) groups excluding carboxylic acids is 2. The number of nitro groups is 1. The van der Waals surface area contributed by atoms with E-state index >= 15 is 0 Å². The summed E-state index contributed by atoms with van der Waals surface area (Å²) in [5, 5.41) is 22.6. The van der Waals surface area contributed by atoms with Crippen molar-refractivity contribution in [1.82, 2.24) is 0 Å². The van der Waals surface area contributed by atoms with Crippen molar-refractivity contribution in [1.29, 1.82) is 0 Å². The number of phenolic OH excluding ortho intramolecular Hbond substituents is 1. The van der Waals surface area contributed by atoms with Crippen LogP contribution in [0.25, 0.3) is 0 Å². The Bertz CT molecular complexity index is 1280. The van der Waals surface area contributed by atoms with Crippen molar-refractivity contribution in [2.45, 2.75) is 12.1 Å². The van der Waals surface area contributed by atoms with Crippen LogP contribution < -0.4 is 14.7 Å². The Labute approximate surface area is 193 Å². The van der Waals surface area contributed by atoms with E-state index in [1.54, 1.807) is 24.3 Å². The van der Waals surface area contributed by atoms with Gasteiger partial charge in [0.05, 0.1) is 29.4 Å². The standard InChI is InChI=1S/C24H19N3O7/c1-33-19-13-14(7-12-18(19)28)21-20-22(34-26(21)16-5-3-2-4-6-16)24(30)25(23(20)29)15-8-10-17(11-9-15)27(31)32/h2-13,20-22,28H,1H3/t20-,21+,22-/m1/s1. The summed E-state index contributed by atoms with van der Waals surface area (Å²) in [5.41, 5.74) is 1.34. The van der Waals surface area contributed by atoms with E-state index in [9.17, 15) is 24.8 Å². The maximum Gasteiger partial charge on any atom is 0.269 e. The Morgan fingerprint density at radius 2 is 1.68 bits per heavy atom. The number of rotatable bonds is 5. The Morgan fingerprint density at radius 3 is 2.32 bits per heavy atom. The van der Waals surface area contributed by atoms with Gasteiger partial charge >= 0.3 is 0 Å². The Morgan fingerprint density at radius 1 is 0.971 bits per heavy atom. The van der Waals surface area contributed by atoms with Crippen LogP contribution in [0, 0.1) is 16.0 Å². The van der Waals surface area contributed by atoms with Gasteiger partial charge in [-0.1, -0.05) is 24.3 Å². The van der Waals surface area contributed by atoms with Crippen LogP contribution in [0.3, 0.4) is 0 Å². The van der Waals surface area contributed by atoms with Crippen LogP contribution in [-0.2, 0) is 14.4 Å². The van der Waals surface area contributed by atoms with Gasteiger partial charge in [0, 0.05) is 12.1 Å². The fourth-order valence-electron chi connectivity index (χ4n) is 4.41. The molecule has 3 aromatic carbocycles. The van der Waals surface area contributed by atoms with E-state index in [4.69, 9.17) is 9.57 Å². The highest BCUT2D eigenvalue weighted by atomic mass is 16.7. The van der Waals surface area contributed by atoms with Gasteiger partial charge in [-0.2, -0.15) is 0 Å². The maximum atomic E-state index is 13.6. The zero-order valence-corrected chi connectivity index (χ0v) is 17.9. The first-order chi connectivity index (χ1) is 16.4. The highest BCUT2D eigenvalue weighted by Crippen LogP contribution is 2.48. The third-order valence-corrected chi connectivity index (χ3v) is 5.99. The monoisotopic (exact) mass is 461 g/mol. The Kier molecular flexibility index (Phi) is 5.14. The first-order valence-electron chi connectivity index (χ1n) is 10.4. The number of nitrogens with zero attached hydrogens (tertiary/aromatic N) is 3. The van der Waals surface area contributed by atoms with Crippen LogP contribution in [0.4, 0.5) is 17.1 Å². The van der Waals surface area contributed by atoms with E-state index < -0.39 is 34.8 Å². The summed E-state index contributed by atoms with van der Waals surface area (Å²) in [7, 11) is 1.42. The molecule has 0 aromatic heterocycles. The number of nitro benzene ring substituents is 1. The second-order valence-electron chi connectivity index (χ2n) is 7.87. The summed E-state index contributed by atoms with van der Waals surface area (Å²) in [6.45, 7) is 0. The fraction of sp³-hybridized carbons (Fsp3) is 0.167. The van der Waals surface area contributed by atoms with Gasteiger partial charge in [-0.25, -0.2) is 9.96 Å². The first kappa shape index (κ1) is 21.4. The lowest BCUT2D eigenvalue weighted by Gasteiger charge is -2.29. The molecule has 0 unspecified atom stereocenters. The number of fused-ring (bicyclic) bond motifs is 1. The number of phenols is 1. The molecule has 2 aliphatic rings. The minimum absolute atomic E-state index is 0.0608. The van der Waals surface area contributed by atoms with Crippen molar-refractivity contribution in [3.63, 3.8) is 0 Å². The summed E-state index contributed by atoms with van der Waals surface area (Å²) in [5.74, 6) is -1.78. The maximum absolute atomic E-state index is 13.6. The minimum Gasteiger partial charge on any atom is -0.504 e. The molecular formula is C24H19N3O7. The number of hydrogen-bond acceptors (Lipinski definition) is 8. The van der Waals surface area contributed by atoms with Crippen molar-refractivity contribution in [2.24, 2.45) is 5.92 Å². The second kappa shape index (κ2) is 8.16. The lowest BCUT2D eigenvalue weighted by Crippen LogP contribution is -2.37. The summed E-state index contributed by atoms with van der Waals surface area (Å²) in [4.78, 5) is 44.4. The molecule has 2 saturated heterocycles. The molecule has 0 saturated carbocycles. The molecule has 0 spiro atoms. The molecule has 1 N–H and O–H groups in total. The van der Waals surface area contributed by atoms with Crippen LogP contribution in [0.5, 0.6) is 11.5 Å². The average Bonchev–Trinajstić information content (AvgIpc) is 3.36. The lowest BCUT2D eigenvalue weighted by molar-refractivity contribution is -0.384. The van der Waals surface area contributed by atoms with Crippen LogP contribution in [0.2, 0.25) is 0 Å². The predicted octanol–water partition coefficient (Wildman–Crippen LogP) is 3.36. The normalized spacial score (nSPS) is 21.6. The minimum atomic E-state index is -1.09. The van der Waals surface area contributed by atoms with Crippen LogP contribution in [0.1, 0.15) is 11.6 Å². The molecule has 0 bridgehead atoms. The molecule has 10 heteroatoms. The molecule has 0 aliphatic carbocycles. The summed E-state index contributed by atoms with van der Waals surface area (Å²) in [6.07, 6.45) is -1.09. The summed E-state index contributed by atoms with van der Waals surface area (Å²) < 4.78 is 5.24. The largest absolute Gasteiger partial charge is 0.504 e. The number of hydroxylamine groups is 1. The van der Waals surface area contributed by atoms with Gasteiger partial charge in [-0.3, -0.25) is 24.5 Å². The highest BCUT2D eigenvalue weighted by Gasteiger charge is 2.60. The number of hydrogen-bond donors (Lipinski definition) is 1. The van der Waals surface area contributed by atoms with E-state index in [-0.39, 0.29) is 22.9 Å². The van der Waals surface area contributed by atoms with Crippen molar-refractivity contribution < 1.29 is 29.2 Å². The summed E-state index contributed by atoms with van der Waals surface area (Å²) in [6, 6.07) is 18.3. The molecule has 5 rings (SSSR count). The number of ether oxygens (including phenoxy) is 1. The first-order valence-corrected chi connectivity index (χ1v) is 10.4. The lowest BCUT2D eigenvalue weighted by atomic mass is 9.90. The molecule has 2 aliphatic heterocycles. The number of anilines is 2. The third-order valence-electron chi connectivity index (χ3n) is 5.99. The molecule has 3 atom stereocenters. The molecule has 2 heterocycles. The van der Waals surface area contributed by atoms with E-state index in [0.717, 1.165) is 4.90 Å². The number of amides is 2. The molecule has 0 radical (unpaired) electrons. The van der Waals surface area contributed by atoms with Gasteiger partial charge in [-0.15, -0.1) is 0 Å². The van der Waals surface area contributed by atoms with Crippen LogP contribution >= 0.6 is 0 Å². The number of para-hydroxylation sites is 1. The molecule has 2 amide bonds. The van der Waals surface area contributed by atoms with Gasteiger partial charge in [-0.05, 0) is 42.0 Å². The van der Waals surface area contributed by atoms with Crippen molar-refractivity contribution in [2.75, 3.05) is 17.1 Å². The van der Waals surface area contributed by atoms with Gasteiger partial charge in [0.25, 0.3) is 11.6 Å². The average molecular weight is 461 g/mol. The van der Waals surface area contributed by atoms with Gasteiger partial charge < -0.3 is 9.84 Å². The van der Waals surface area contributed by atoms with Gasteiger partial charge in [0.2, 0.25) is 5.91 Å². The molecule has 172 valence electrons. The fourth-order valence-corrected chi connectivity index (χ4v) is 4.41. The van der Waals surface area contributed by atoms with Gasteiger partial charge in [0.1, 0.15) is 5.92 Å². The van der Waals surface area contributed by atoms with Gasteiger partial charge in [0.15, 0.2) is 17.6 Å². The third kappa shape index (κ3) is 3.32. The van der Waals surface area contributed by atoms with E-state index in [1.807, 2.05) is 18.2 Å². The zero-order chi connectivity index (χ0) is 24.0. The molecule has 34 heavy (non-hydrogen) atoms. The number of imide groups is 1. The van der Waals surface area contributed by atoms with E-state index in [1.165, 1.54) is 42.5 Å². The number of aromatic hydroxyl groups is 1. The molecular weight excluding hydrogens is 442 g/mol. The van der Waals surface area contributed by atoms with Crippen molar-refractivity contribution in [3.8, 4) is 11.5 Å². The smallest absolute Gasteiger partial charge is 0.269 e. The van der Waals surface area contributed by atoms with E-state index in [2.05, 4.69) is 0 Å². The number of benzene rings is 3. The SMILES string of the molecule is COc1cc([C@H]2[C@H]3C(=O)N(c4ccc([N+](=O)[O-])cc4)C(=O)[C@@H]3ON2c2ccccc2)ccc1O. The Hall–Kier alpha value is -4.44. The van der Waals surface area contributed by atoms with E-state index in [0.29, 0.717) is 11.3 Å². The van der Waals surface area contributed by atoms with Crippen LogP contribution in [0.15, 0.2) is 72.8 Å². The molecule has 3 aromatic rings. The highest BCUT2D eigenvalue weighted by molar-refractivity contribution is 6.24. The topological polar surface area (TPSA) is 122 Å². The number of non-ortho nitro benzene ring substituents is 1. The molecule has 10 nitrogen and oxygen atoms in total. The number of methoxy groups -OCH3 is 1. The second-order valence-corrected chi connectivity index (χ2v) is 7.87. The van der Waals surface area contributed by atoms with Crippen LogP contribution in [-0.4, -0.2) is 35.1 Å². The van der Waals surface area contributed by atoms with Crippen molar-refractivity contribution >= 4 is 28.9 Å². The quantitative estimate of drug-likeness (QED) is 0.349. The van der Waals surface area contributed by atoms with Crippen molar-refractivity contribution in [3.05, 3.63) is 88.5 Å². The Balaban J connectivity index is 1.57. The summed E-state index contributed by atoms with van der Waals surface area (Å²) >= 11 is 0.